The summed E-state index contributed by atoms with van der Waals surface area (Å²) in [5.41, 5.74) is -1.19. The number of amides is 1. The van der Waals surface area contributed by atoms with Gasteiger partial charge in [0.15, 0.2) is 5.69 Å². The number of hydrogen-bond acceptors (Lipinski definition) is 4. The fraction of sp³-hybridized carbons (Fsp3) is 0.643. The number of aliphatic hydroxyl groups is 1. The van der Waals surface area contributed by atoms with Crippen molar-refractivity contribution in [2.24, 2.45) is 17.8 Å². The summed E-state index contributed by atoms with van der Waals surface area (Å²) in [5, 5.41) is 18.3. The van der Waals surface area contributed by atoms with E-state index >= 15 is 0 Å². The number of rotatable bonds is 8. The van der Waals surface area contributed by atoms with Crippen LogP contribution in [-0.2, 0) is 12.1 Å². The Morgan fingerprint density at radius 2 is 1.85 bits per heavy atom. The van der Waals surface area contributed by atoms with Crippen molar-refractivity contribution in [1.29, 1.82) is 0 Å². The van der Waals surface area contributed by atoms with Crippen LogP contribution in [0.5, 0.6) is 5.75 Å². The van der Waals surface area contributed by atoms with Crippen LogP contribution < -0.4 is 10.1 Å². The van der Waals surface area contributed by atoms with Crippen LogP contribution in [-0.4, -0.2) is 40.1 Å². The van der Waals surface area contributed by atoms with Gasteiger partial charge in [0.25, 0.3) is 5.91 Å². The van der Waals surface area contributed by atoms with Gasteiger partial charge in [-0.3, -0.25) is 9.48 Å². The Balaban J connectivity index is 1.61. The second kappa shape index (κ2) is 12.2. The van der Waals surface area contributed by atoms with Crippen LogP contribution in [0, 0.1) is 17.8 Å². The van der Waals surface area contributed by atoms with Crippen molar-refractivity contribution < 1.29 is 36.6 Å². The van der Waals surface area contributed by atoms with Gasteiger partial charge in [-0.05, 0) is 75.0 Å². The molecule has 0 unspecified atom stereocenters. The zero-order valence-corrected chi connectivity index (χ0v) is 23.3. The van der Waals surface area contributed by atoms with Crippen LogP contribution >= 0.6 is 11.6 Å². The van der Waals surface area contributed by atoms with Crippen LogP contribution in [0.4, 0.5) is 22.0 Å². The largest absolute Gasteiger partial charge is 0.434 e. The molecule has 2 fully saturated rings. The molecular weight excluding hydrogens is 557 g/mol. The first-order valence-corrected chi connectivity index (χ1v) is 14.1. The first kappa shape index (κ1) is 30.6. The first-order valence-electron chi connectivity index (χ1n) is 13.8. The van der Waals surface area contributed by atoms with Crippen molar-refractivity contribution in [1.82, 2.24) is 15.1 Å². The lowest BCUT2D eigenvalue weighted by Crippen LogP contribution is -2.36. The van der Waals surface area contributed by atoms with E-state index in [-0.39, 0.29) is 65.5 Å². The summed E-state index contributed by atoms with van der Waals surface area (Å²) in [4.78, 5) is 13.0. The standard InChI is InChI=1S/C28H35ClF5N3O3/c1-3-37-24(22(29)23(36-37)25(38)35-15-17-6-4-16(2)5-7-17)20-9-8-19(14-21(20)40-26(30)31)27(39)12-10-18(11-13-27)28(32,33)34/h8-9,14,16-18,26,39H,3-7,10-13,15H2,1-2H3,(H,35,38). The topological polar surface area (TPSA) is 76.4 Å². The Morgan fingerprint density at radius 1 is 1.20 bits per heavy atom. The number of ether oxygens (including phenoxy) is 1. The number of aryl methyl sites for hydroxylation is 1. The fourth-order valence-corrected chi connectivity index (χ4v) is 6.16. The van der Waals surface area contributed by atoms with Crippen molar-refractivity contribution in [2.45, 2.75) is 90.1 Å². The van der Waals surface area contributed by atoms with Crippen molar-refractivity contribution in [2.75, 3.05) is 6.54 Å². The number of carbonyl (C=O) groups is 1. The number of nitrogens with one attached hydrogen (secondary N) is 1. The number of carbonyl (C=O) groups excluding carboxylic acids is 1. The monoisotopic (exact) mass is 591 g/mol. The van der Waals surface area contributed by atoms with Gasteiger partial charge in [-0.2, -0.15) is 27.1 Å². The summed E-state index contributed by atoms with van der Waals surface area (Å²) in [5.74, 6) is -1.27. The quantitative estimate of drug-likeness (QED) is 0.315. The van der Waals surface area contributed by atoms with Crippen LogP contribution in [0.15, 0.2) is 18.2 Å². The molecule has 1 amide bonds. The number of aromatic nitrogens is 2. The van der Waals surface area contributed by atoms with E-state index in [1.54, 1.807) is 6.92 Å². The van der Waals surface area contributed by atoms with E-state index in [0.717, 1.165) is 25.7 Å². The average molecular weight is 592 g/mol. The highest BCUT2D eigenvalue weighted by molar-refractivity contribution is 6.36. The molecule has 2 aliphatic carbocycles. The van der Waals surface area contributed by atoms with Crippen molar-refractivity contribution in [3.8, 4) is 17.0 Å². The normalized spacial score (nSPS) is 25.7. The zero-order valence-electron chi connectivity index (χ0n) is 22.5. The molecule has 40 heavy (non-hydrogen) atoms. The average Bonchev–Trinajstić information content (AvgIpc) is 3.23. The lowest BCUT2D eigenvalue weighted by atomic mass is 9.75. The Labute approximate surface area is 235 Å². The number of halogens is 6. The highest BCUT2D eigenvalue weighted by Crippen LogP contribution is 2.47. The van der Waals surface area contributed by atoms with Gasteiger partial charge in [0.2, 0.25) is 0 Å². The number of nitrogens with zero attached hydrogens (tertiary/aromatic N) is 2. The third-order valence-corrected chi connectivity index (χ3v) is 8.72. The van der Waals surface area contributed by atoms with Crippen molar-refractivity contribution in [3.63, 3.8) is 0 Å². The Bertz CT molecular complexity index is 1190. The molecule has 0 saturated heterocycles. The summed E-state index contributed by atoms with van der Waals surface area (Å²) in [6.45, 7) is 1.49. The second-order valence-electron chi connectivity index (χ2n) is 11.1. The van der Waals surface area contributed by atoms with Gasteiger partial charge in [-0.15, -0.1) is 0 Å². The highest BCUT2D eigenvalue weighted by Gasteiger charge is 2.46. The van der Waals surface area contributed by atoms with Crippen molar-refractivity contribution in [3.05, 3.63) is 34.5 Å². The number of hydrogen-bond donors (Lipinski definition) is 2. The molecule has 2 aromatic rings. The molecule has 2 N–H and O–H groups in total. The predicted molar refractivity (Wildman–Crippen MR) is 140 cm³/mol. The minimum Gasteiger partial charge on any atom is -0.434 e. The Morgan fingerprint density at radius 3 is 2.42 bits per heavy atom. The SMILES string of the molecule is CCn1nc(C(=O)NCC2CCC(C)CC2)c(Cl)c1-c1ccc(C2(O)CCC(C(F)(F)F)CC2)cc1OC(F)F. The minimum atomic E-state index is -4.36. The van der Waals surface area contributed by atoms with Gasteiger partial charge in [-0.25, -0.2) is 0 Å². The van der Waals surface area contributed by atoms with Gasteiger partial charge in [0.1, 0.15) is 5.75 Å². The highest BCUT2D eigenvalue weighted by atomic mass is 35.5. The second-order valence-corrected chi connectivity index (χ2v) is 11.5. The molecular formula is C28H35ClF5N3O3. The maximum absolute atomic E-state index is 13.5. The van der Waals surface area contributed by atoms with E-state index in [2.05, 4.69) is 17.3 Å². The molecule has 2 aliphatic rings. The smallest absolute Gasteiger partial charge is 0.391 e. The van der Waals surface area contributed by atoms with Gasteiger partial charge in [0.05, 0.1) is 22.2 Å². The van der Waals surface area contributed by atoms with Gasteiger partial charge < -0.3 is 15.2 Å². The van der Waals surface area contributed by atoms with Gasteiger partial charge in [-0.1, -0.05) is 37.4 Å². The maximum atomic E-state index is 13.5. The Hall–Kier alpha value is -2.40. The van der Waals surface area contributed by atoms with E-state index in [1.807, 2.05) is 0 Å². The molecule has 1 heterocycles. The predicted octanol–water partition coefficient (Wildman–Crippen LogP) is 7.32. The first-order chi connectivity index (χ1) is 18.8. The van der Waals surface area contributed by atoms with E-state index in [9.17, 15) is 31.9 Å². The summed E-state index contributed by atoms with van der Waals surface area (Å²) in [6.07, 6.45) is -1.01. The summed E-state index contributed by atoms with van der Waals surface area (Å²) < 4.78 is 72.5. The molecule has 0 aliphatic heterocycles. The molecule has 1 aromatic heterocycles. The Kier molecular flexibility index (Phi) is 9.34. The molecule has 1 aromatic carbocycles. The zero-order chi connectivity index (χ0) is 29.2. The molecule has 0 spiro atoms. The van der Waals surface area contributed by atoms with Crippen LogP contribution in [0.25, 0.3) is 11.3 Å². The molecule has 12 heteroatoms. The van der Waals surface area contributed by atoms with Gasteiger partial charge >= 0.3 is 12.8 Å². The molecule has 0 bridgehead atoms. The van der Waals surface area contributed by atoms with E-state index in [4.69, 9.17) is 16.3 Å². The molecule has 222 valence electrons. The van der Waals surface area contributed by atoms with Crippen LogP contribution in [0.2, 0.25) is 5.02 Å². The molecule has 0 atom stereocenters. The minimum absolute atomic E-state index is 0.0344. The number of alkyl halides is 5. The van der Waals surface area contributed by atoms with Crippen molar-refractivity contribution >= 4 is 17.5 Å². The molecule has 4 rings (SSSR count). The lowest BCUT2D eigenvalue weighted by Gasteiger charge is -2.37. The van der Waals surface area contributed by atoms with Crippen LogP contribution in [0.3, 0.4) is 0 Å². The number of benzene rings is 1. The third kappa shape index (κ3) is 6.73. The summed E-state index contributed by atoms with van der Waals surface area (Å²) >= 11 is 6.62. The fourth-order valence-electron chi connectivity index (χ4n) is 5.84. The molecule has 6 nitrogen and oxygen atoms in total. The summed E-state index contributed by atoms with van der Waals surface area (Å²) in [7, 11) is 0. The van der Waals surface area contributed by atoms with E-state index in [1.165, 1.54) is 22.9 Å². The molecule has 0 radical (unpaired) electrons. The van der Waals surface area contributed by atoms with E-state index in [0.29, 0.717) is 18.4 Å². The lowest BCUT2D eigenvalue weighted by molar-refractivity contribution is -0.193. The third-order valence-electron chi connectivity index (χ3n) is 8.36. The summed E-state index contributed by atoms with van der Waals surface area (Å²) in [6, 6.07) is 4.10. The molecule has 2 saturated carbocycles. The van der Waals surface area contributed by atoms with Crippen LogP contribution in [0.1, 0.15) is 81.3 Å². The van der Waals surface area contributed by atoms with Gasteiger partial charge in [0, 0.05) is 18.7 Å². The maximum Gasteiger partial charge on any atom is 0.391 e. The van der Waals surface area contributed by atoms with E-state index < -0.39 is 30.2 Å².